The summed E-state index contributed by atoms with van der Waals surface area (Å²) in [6.07, 6.45) is 4.35. The van der Waals surface area contributed by atoms with Crippen molar-refractivity contribution in [2.24, 2.45) is 5.92 Å². The number of nitrogens with zero attached hydrogens (tertiary/aromatic N) is 5. The predicted octanol–water partition coefficient (Wildman–Crippen LogP) is 2.18. The Morgan fingerprint density at radius 2 is 1.96 bits per heavy atom. The number of aromatic nitrogens is 3. The number of hydrogen-bond donors (Lipinski definition) is 0. The molecule has 0 saturated carbocycles. The highest BCUT2D eigenvalue weighted by Crippen LogP contribution is 2.22. The van der Waals surface area contributed by atoms with Crippen molar-refractivity contribution in [1.29, 1.82) is 0 Å². The predicted molar refractivity (Wildman–Crippen MR) is 105 cm³/mol. The van der Waals surface area contributed by atoms with Gasteiger partial charge in [-0.1, -0.05) is 23.4 Å². The van der Waals surface area contributed by atoms with Crippen molar-refractivity contribution in [2.45, 2.75) is 46.2 Å². The third-order valence-corrected chi connectivity index (χ3v) is 5.84. The molecule has 28 heavy (non-hydrogen) atoms. The fourth-order valence-corrected chi connectivity index (χ4v) is 4.08. The highest BCUT2D eigenvalue weighted by atomic mass is 16.2. The Morgan fingerprint density at radius 1 is 1.18 bits per heavy atom. The van der Waals surface area contributed by atoms with Crippen LogP contribution < -0.4 is 0 Å². The Balaban J connectivity index is 1.35. The molecule has 2 fully saturated rings. The molecule has 1 aromatic carbocycles. The van der Waals surface area contributed by atoms with Gasteiger partial charge in [0.05, 0.1) is 6.20 Å². The monoisotopic (exact) mass is 381 g/mol. The molecule has 148 valence electrons. The fourth-order valence-electron chi connectivity index (χ4n) is 4.08. The topological polar surface area (TPSA) is 71.3 Å². The quantitative estimate of drug-likeness (QED) is 0.796. The molecule has 2 amide bonds. The first kappa shape index (κ1) is 18.7. The molecule has 1 unspecified atom stereocenters. The van der Waals surface area contributed by atoms with Gasteiger partial charge in [-0.25, -0.2) is 0 Å². The largest absolute Gasteiger partial charge is 0.338 e. The lowest BCUT2D eigenvalue weighted by Crippen LogP contribution is -2.27. The molecule has 2 aliphatic rings. The Kier molecular flexibility index (Phi) is 5.15. The second-order valence-corrected chi connectivity index (χ2v) is 8.09. The van der Waals surface area contributed by atoms with Crippen molar-refractivity contribution in [3.63, 3.8) is 0 Å². The van der Waals surface area contributed by atoms with E-state index in [9.17, 15) is 9.59 Å². The zero-order valence-corrected chi connectivity index (χ0v) is 16.6. The molecule has 2 aliphatic heterocycles. The highest BCUT2D eigenvalue weighted by Gasteiger charge is 2.30. The van der Waals surface area contributed by atoms with E-state index in [4.69, 9.17) is 0 Å². The number of aryl methyl sites for hydroxylation is 2. The first-order valence-corrected chi connectivity index (χ1v) is 10.0. The number of carbonyl (C=O) groups excluding carboxylic acids is 2. The molecule has 0 aliphatic carbocycles. The van der Waals surface area contributed by atoms with E-state index >= 15 is 0 Å². The molecule has 3 heterocycles. The zero-order valence-electron chi connectivity index (χ0n) is 16.6. The van der Waals surface area contributed by atoms with Crippen LogP contribution in [-0.2, 0) is 17.9 Å². The van der Waals surface area contributed by atoms with E-state index in [0.717, 1.165) is 31.5 Å². The van der Waals surface area contributed by atoms with Gasteiger partial charge in [-0.2, -0.15) is 0 Å². The van der Waals surface area contributed by atoms with Crippen LogP contribution in [0.2, 0.25) is 0 Å². The van der Waals surface area contributed by atoms with Crippen LogP contribution in [-0.4, -0.2) is 56.2 Å². The zero-order chi connectivity index (χ0) is 19.7. The average Bonchev–Trinajstić information content (AvgIpc) is 3.40. The minimum Gasteiger partial charge on any atom is -0.338 e. The molecule has 0 radical (unpaired) electrons. The summed E-state index contributed by atoms with van der Waals surface area (Å²) in [5.74, 6) is 0.329. The van der Waals surface area contributed by atoms with Gasteiger partial charge in [-0.3, -0.25) is 14.3 Å². The summed E-state index contributed by atoms with van der Waals surface area (Å²) in [5.41, 5.74) is 4.08. The van der Waals surface area contributed by atoms with Crippen LogP contribution >= 0.6 is 0 Å². The third kappa shape index (κ3) is 3.93. The van der Waals surface area contributed by atoms with E-state index in [0.29, 0.717) is 31.7 Å². The summed E-state index contributed by atoms with van der Waals surface area (Å²) in [7, 11) is 0. The Hall–Kier alpha value is -2.70. The van der Waals surface area contributed by atoms with Gasteiger partial charge in [0.15, 0.2) is 5.69 Å². The maximum atomic E-state index is 12.4. The van der Waals surface area contributed by atoms with Gasteiger partial charge in [0.1, 0.15) is 0 Å². The lowest BCUT2D eigenvalue weighted by molar-refractivity contribution is -0.128. The van der Waals surface area contributed by atoms with E-state index in [-0.39, 0.29) is 17.7 Å². The summed E-state index contributed by atoms with van der Waals surface area (Å²) in [4.78, 5) is 28.6. The smallest absolute Gasteiger partial charge is 0.276 e. The number of likely N-dealkylation sites (tertiary alicyclic amines) is 2. The van der Waals surface area contributed by atoms with Crippen LogP contribution in [0, 0.1) is 19.8 Å². The van der Waals surface area contributed by atoms with Crippen LogP contribution in [0.15, 0.2) is 24.4 Å². The SMILES string of the molecule is Cc1ccc(CN2CC(Cn3cc(C(=O)N4CCCC4)nn3)CC2=O)cc1C. The van der Waals surface area contributed by atoms with Crippen LogP contribution in [0.25, 0.3) is 0 Å². The summed E-state index contributed by atoms with van der Waals surface area (Å²) in [5, 5.41) is 8.17. The first-order valence-electron chi connectivity index (χ1n) is 10.0. The molecule has 1 aromatic heterocycles. The highest BCUT2D eigenvalue weighted by molar-refractivity contribution is 5.92. The van der Waals surface area contributed by atoms with Crippen LogP contribution in [0.3, 0.4) is 0 Å². The normalized spacial score (nSPS) is 19.6. The van der Waals surface area contributed by atoms with Crippen molar-refractivity contribution < 1.29 is 9.59 Å². The minimum atomic E-state index is -0.0392. The van der Waals surface area contributed by atoms with Gasteiger partial charge in [-0.15, -0.1) is 5.10 Å². The fraction of sp³-hybridized carbons (Fsp3) is 0.524. The van der Waals surface area contributed by atoms with E-state index < -0.39 is 0 Å². The Labute approximate surface area is 165 Å². The van der Waals surface area contributed by atoms with Crippen LogP contribution in [0.5, 0.6) is 0 Å². The first-order chi connectivity index (χ1) is 13.5. The third-order valence-electron chi connectivity index (χ3n) is 5.84. The molecule has 0 spiro atoms. The van der Waals surface area contributed by atoms with Crippen molar-refractivity contribution in [2.75, 3.05) is 19.6 Å². The molecule has 2 aromatic rings. The van der Waals surface area contributed by atoms with E-state index in [1.54, 1.807) is 10.9 Å². The molecule has 1 atom stereocenters. The van der Waals surface area contributed by atoms with Gasteiger partial charge in [0.25, 0.3) is 5.91 Å². The van der Waals surface area contributed by atoms with Crippen molar-refractivity contribution in [3.8, 4) is 0 Å². The lowest BCUT2D eigenvalue weighted by Gasteiger charge is -2.17. The number of hydrogen-bond acceptors (Lipinski definition) is 4. The van der Waals surface area contributed by atoms with Crippen LogP contribution in [0.1, 0.15) is 46.4 Å². The number of amides is 2. The Bertz CT molecular complexity index is 885. The number of rotatable bonds is 5. The Morgan fingerprint density at radius 3 is 2.71 bits per heavy atom. The van der Waals surface area contributed by atoms with E-state index in [1.807, 2.05) is 9.80 Å². The molecular weight excluding hydrogens is 354 g/mol. The number of benzene rings is 1. The molecule has 7 nitrogen and oxygen atoms in total. The second-order valence-electron chi connectivity index (χ2n) is 8.09. The summed E-state index contributed by atoms with van der Waals surface area (Å²) in [6.45, 7) is 7.76. The molecule has 2 saturated heterocycles. The summed E-state index contributed by atoms with van der Waals surface area (Å²) < 4.78 is 1.71. The van der Waals surface area contributed by atoms with Crippen LogP contribution in [0.4, 0.5) is 0 Å². The van der Waals surface area contributed by atoms with Gasteiger partial charge >= 0.3 is 0 Å². The van der Waals surface area contributed by atoms with Gasteiger partial charge < -0.3 is 9.80 Å². The molecule has 0 bridgehead atoms. The van der Waals surface area contributed by atoms with Crippen molar-refractivity contribution in [1.82, 2.24) is 24.8 Å². The van der Waals surface area contributed by atoms with Gasteiger partial charge in [0, 0.05) is 45.1 Å². The number of carbonyl (C=O) groups is 2. The molecule has 4 rings (SSSR count). The molecule has 7 heteroatoms. The summed E-state index contributed by atoms with van der Waals surface area (Å²) in [6, 6.07) is 6.36. The summed E-state index contributed by atoms with van der Waals surface area (Å²) >= 11 is 0. The maximum absolute atomic E-state index is 12.4. The standard InChI is InChI=1S/C21H27N5O2/c1-15-5-6-17(9-16(15)2)11-25-12-18(10-20(25)27)13-26-14-19(22-23-26)21(28)24-7-3-4-8-24/h5-6,9,14,18H,3-4,7-8,10-13H2,1-2H3. The maximum Gasteiger partial charge on any atom is 0.276 e. The average molecular weight is 381 g/mol. The molecular formula is C21H27N5O2. The van der Waals surface area contributed by atoms with Gasteiger partial charge in [-0.05, 0) is 43.4 Å². The van der Waals surface area contributed by atoms with E-state index in [1.165, 1.54) is 11.1 Å². The van der Waals surface area contributed by atoms with Crippen molar-refractivity contribution >= 4 is 11.8 Å². The second kappa shape index (κ2) is 7.73. The molecule has 0 N–H and O–H groups in total. The van der Waals surface area contributed by atoms with E-state index in [2.05, 4.69) is 42.4 Å². The van der Waals surface area contributed by atoms with Gasteiger partial charge in [0.2, 0.25) is 5.91 Å². The minimum absolute atomic E-state index is 0.0392. The van der Waals surface area contributed by atoms with Crippen molar-refractivity contribution in [3.05, 3.63) is 46.8 Å². The lowest BCUT2D eigenvalue weighted by atomic mass is 10.1.